The summed E-state index contributed by atoms with van der Waals surface area (Å²) in [5.41, 5.74) is 1.89. The fraction of sp³-hybridized carbons (Fsp3) is 0.471. The van der Waals surface area contributed by atoms with E-state index in [1.165, 1.54) is 0 Å². The van der Waals surface area contributed by atoms with Crippen LogP contribution in [0.2, 0.25) is 0 Å². The number of hydrogen-bond acceptors (Lipinski definition) is 4. The quantitative estimate of drug-likeness (QED) is 0.864. The van der Waals surface area contributed by atoms with Crippen molar-refractivity contribution in [2.75, 3.05) is 13.1 Å². The minimum Gasteiger partial charge on any atom is -0.468 e. The lowest BCUT2D eigenvalue weighted by molar-refractivity contribution is -0.0690. The van der Waals surface area contributed by atoms with Crippen LogP contribution in [-0.2, 0) is 4.74 Å². The summed E-state index contributed by atoms with van der Waals surface area (Å²) in [4.78, 5) is 14.8. The summed E-state index contributed by atoms with van der Waals surface area (Å²) in [5.74, 6) is 1.39. The Balaban J connectivity index is 1.55. The molecule has 5 heteroatoms. The summed E-state index contributed by atoms with van der Waals surface area (Å²) >= 11 is 1.66. The number of hydrogen-bond donors (Lipinski definition) is 0. The predicted octanol–water partition coefficient (Wildman–Crippen LogP) is 3.82. The number of amides is 1. The molecule has 1 aliphatic heterocycles. The molecule has 2 aromatic rings. The van der Waals surface area contributed by atoms with Gasteiger partial charge in [-0.15, -0.1) is 0 Å². The van der Waals surface area contributed by atoms with Crippen molar-refractivity contribution in [3.63, 3.8) is 0 Å². The monoisotopic (exact) mass is 317 g/mol. The van der Waals surface area contributed by atoms with Crippen molar-refractivity contribution >= 4 is 17.2 Å². The number of carbonyl (C=O) groups is 1. The Bertz CT molecular complexity index is 659. The van der Waals surface area contributed by atoms with Crippen LogP contribution in [0.5, 0.6) is 0 Å². The van der Waals surface area contributed by atoms with Crippen LogP contribution >= 0.6 is 11.3 Å². The Labute approximate surface area is 133 Å². The number of furan rings is 1. The lowest BCUT2D eigenvalue weighted by Gasteiger charge is -2.36. The van der Waals surface area contributed by atoms with Crippen molar-refractivity contribution in [2.24, 2.45) is 0 Å². The Kier molecular flexibility index (Phi) is 3.54. The van der Waals surface area contributed by atoms with Gasteiger partial charge in [0.15, 0.2) is 0 Å². The molecule has 1 saturated heterocycles. The largest absolute Gasteiger partial charge is 0.468 e. The molecule has 2 aliphatic rings. The highest BCUT2D eigenvalue weighted by Crippen LogP contribution is 2.42. The van der Waals surface area contributed by atoms with Crippen LogP contribution in [0.25, 0.3) is 0 Å². The van der Waals surface area contributed by atoms with Gasteiger partial charge in [-0.1, -0.05) is 0 Å². The van der Waals surface area contributed by atoms with Crippen LogP contribution in [-0.4, -0.2) is 30.0 Å². The highest BCUT2D eigenvalue weighted by atomic mass is 32.1. The molecule has 2 aromatic heterocycles. The summed E-state index contributed by atoms with van der Waals surface area (Å²) in [6, 6.07) is 3.89. The van der Waals surface area contributed by atoms with E-state index in [2.05, 4.69) is 11.4 Å². The van der Waals surface area contributed by atoms with Crippen LogP contribution in [0.1, 0.15) is 53.5 Å². The molecule has 3 heterocycles. The highest BCUT2D eigenvalue weighted by molar-refractivity contribution is 7.07. The van der Waals surface area contributed by atoms with Crippen molar-refractivity contribution in [1.82, 2.24) is 4.90 Å². The summed E-state index contributed by atoms with van der Waals surface area (Å²) < 4.78 is 11.6. The van der Waals surface area contributed by atoms with Crippen molar-refractivity contribution in [2.45, 2.75) is 37.9 Å². The van der Waals surface area contributed by atoms with E-state index < -0.39 is 0 Å². The van der Waals surface area contributed by atoms with Crippen molar-refractivity contribution in [3.8, 4) is 0 Å². The zero-order valence-corrected chi connectivity index (χ0v) is 13.3. The molecule has 1 amide bonds. The summed E-state index contributed by atoms with van der Waals surface area (Å²) in [7, 11) is 0. The molecular weight excluding hydrogens is 298 g/mol. The van der Waals surface area contributed by atoms with E-state index in [-0.39, 0.29) is 18.1 Å². The number of rotatable bonds is 3. The number of morpholine rings is 1. The SMILES string of the molecule is C[C@@H]1CN(C(=O)c2ccoc2C2CC2)C[C@H](c2ccsc2)O1. The second kappa shape index (κ2) is 5.56. The summed E-state index contributed by atoms with van der Waals surface area (Å²) in [6.45, 7) is 3.26. The van der Waals surface area contributed by atoms with E-state index in [1.807, 2.05) is 23.3 Å². The molecule has 0 aromatic carbocycles. The maximum absolute atomic E-state index is 12.9. The van der Waals surface area contributed by atoms with Crippen molar-refractivity contribution in [1.29, 1.82) is 0 Å². The fourth-order valence-electron chi connectivity index (χ4n) is 3.09. The molecule has 0 unspecified atom stereocenters. The van der Waals surface area contributed by atoms with Crippen LogP contribution < -0.4 is 0 Å². The van der Waals surface area contributed by atoms with Gasteiger partial charge in [0.25, 0.3) is 5.91 Å². The molecule has 4 nitrogen and oxygen atoms in total. The zero-order valence-electron chi connectivity index (χ0n) is 12.5. The van der Waals surface area contributed by atoms with Gasteiger partial charge in [0, 0.05) is 12.5 Å². The van der Waals surface area contributed by atoms with Crippen LogP contribution in [0.3, 0.4) is 0 Å². The molecule has 2 atom stereocenters. The van der Waals surface area contributed by atoms with Gasteiger partial charge < -0.3 is 14.1 Å². The molecule has 0 spiro atoms. The van der Waals surface area contributed by atoms with E-state index in [1.54, 1.807) is 17.6 Å². The molecule has 1 saturated carbocycles. The van der Waals surface area contributed by atoms with E-state index in [4.69, 9.17) is 9.15 Å². The van der Waals surface area contributed by atoms with E-state index in [0.29, 0.717) is 19.0 Å². The maximum atomic E-state index is 12.9. The van der Waals surface area contributed by atoms with Crippen LogP contribution in [0.15, 0.2) is 33.6 Å². The predicted molar refractivity (Wildman–Crippen MR) is 84.2 cm³/mol. The van der Waals surface area contributed by atoms with Crippen LogP contribution in [0.4, 0.5) is 0 Å². The fourth-order valence-corrected chi connectivity index (χ4v) is 3.79. The third-order valence-electron chi connectivity index (χ3n) is 4.34. The molecule has 0 bridgehead atoms. The van der Waals surface area contributed by atoms with Crippen molar-refractivity contribution < 1.29 is 13.9 Å². The van der Waals surface area contributed by atoms with E-state index in [0.717, 1.165) is 29.7 Å². The molecule has 4 rings (SSSR count). The van der Waals surface area contributed by atoms with E-state index in [9.17, 15) is 4.79 Å². The third-order valence-corrected chi connectivity index (χ3v) is 5.04. The Morgan fingerprint density at radius 2 is 2.18 bits per heavy atom. The molecule has 22 heavy (non-hydrogen) atoms. The average Bonchev–Trinajstić information content (AvgIpc) is 3.04. The Morgan fingerprint density at radius 3 is 2.91 bits per heavy atom. The molecule has 0 radical (unpaired) electrons. The van der Waals surface area contributed by atoms with Gasteiger partial charge in [-0.25, -0.2) is 0 Å². The lowest BCUT2D eigenvalue weighted by Crippen LogP contribution is -2.46. The lowest BCUT2D eigenvalue weighted by atomic mass is 10.1. The second-order valence-corrected chi connectivity index (χ2v) is 6.95. The second-order valence-electron chi connectivity index (χ2n) is 6.17. The first kappa shape index (κ1) is 14.0. The molecular formula is C17H19NO3S. The number of thiophene rings is 1. The first-order chi connectivity index (χ1) is 10.7. The van der Waals surface area contributed by atoms with E-state index >= 15 is 0 Å². The zero-order chi connectivity index (χ0) is 15.1. The molecule has 1 aliphatic carbocycles. The van der Waals surface area contributed by atoms with Gasteiger partial charge in [0.1, 0.15) is 11.9 Å². The van der Waals surface area contributed by atoms with Crippen molar-refractivity contribution in [3.05, 3.63) is 46.0 Å². The first-order valence-corrected chi connectivity index (χ1v) is 8.71. The maximum Gasteiger partial charge on any atom is 0.257 e. The molecule has 0 N–H and O–H groups in total. The third kappa shape index (κ3) is 2.59. The normalized spacial score (nSPS) is 25.4. The number of nitrogens with zero attached hydrogens (tertiary/aromatic N) is 1. The van der Waals surface area contributed by atoms with Gasteiger partial charge in [-0.2, -0.15) is 11.3 Å². The molecule has 116 valence electrons. The van der Waals surface area contributed by atoms with Gasteiger partial charge in [0.05, 0.1) is 24.5 Å². The first-order valence-electron chi connectivity index (χ1n) is 7.76. The van der Waals surface area contributed by atoms with Gasteiger partial charge in [-0.3, -0.25) is 4.79 Å². The standard InChI is InChI=1S/C17H19NO3S/c1-11-8-18(9-15(21-11)13-5-7-22-10-13)17(19)14-4-6-20-16(14)12-2-3-12/h4-7,10-12,15H,2-3,8-9H2,1H3/t11-,15-/m1/s1. The summed E-state index contributed by atoms with van der Waals surface area (Å²) in [5, 5.41) is 4.14. The number of ether oxygens (including phenoxy) is 1. The van der Waals surface area contributed by atoms with Gasteiger partial charge >= 0.3 is 0 Å². The van der Waals surface area contributed by atoms with Crippen LogP contribution in [0, 0.1) is 0 Å². The topological polar surface area (TPSA) is 42.7 Å². The summed E-state index contributed by atoms with van der Waals surface area (Å²) in [6.07, 6.45) is 3.91. The molecule has 2 fully saturated rings. The number of carbonyl (C=O) groups excluding carboxylic acids is 1. The minimum atomic E-state index is -0.0322. The Hall–Kier alpha value is -1.59. The van der Waals surface area contributed by atoms with Gasteiger partial charge in [0.2, 0.25) is 0 Å². The minimum absolute atomic E-state index is 0.0322. The smallest absolute Gasteiger partial charge is 0.257 e. The Morgan fingerprint density at radius 1 is 1.32 bits per heavy atom. The highest BCUT2D eigenvalue weighted by Gasteiger charge is 2.35. The van der Waals surface area contributed by atoms with Gasteiger partial charge in [-0.05, 0) is 48.2 Å². The average molecular weight is 317 g/mol.